The van der Waals surface area contributed by atoms with E-state index in [0.717, 1.165) is 50.4 Å². The Kier molecular flexibility index (Phi) is 1.47. The number of hydrogen-bond acceptors (Lipinski definition) is 4. The second-order valence-corrected chi connectivity index (χ2v) is 4.28. The fourth-order valence-corrected chi connectivity index (χ4v) is 2.89. The van der Waals surface area contributed by atoms with Crippen molar-refractivity contribution >= 4 is 6.85 Å². The summed E-state index contributed by atoms with van der Waals surface area (Å²) in [6.45, 7) is 2.70. The van der Waals surface area contributed by atoms with Gasteiger partial charge in [0, 0.05) is 18.4 Å². The summed E-state index contributed by atoms with van der Waals surface area (Å²) in [5.41, 5.74) is 3.64. The van der Waals surface area contributed by atoms with Crippen LogP contribution < -0.4 is 0 Å². The van der Waals surface area contributed by atoms with Gasteiger partial charge in [0.1, 0.15) is 5.76 Å². The maximum Gasteiger partial charge on any atom is 0.365 e. The van der Waals surface area contributed by atoms with Crippen molar-refractivity contribution in [1.82, 2.24) is 4.97 Å². The van der Waals surface area contributed by atoms with Gasteiger partial charge in [-0.3, -0.25) is 9.81 Å². The Labute approximate surface area is 88.5 Å². The molecule has 0 bridgehead atoms. The molecule has 5 heteroatoms. The molecule has 4 aliphatic rings. The second-order valence-electron chi connectivity index (χ2n) is 4.28. The van der Waals surface area contributed by atoms with Crippen molar-refractivity contribution in [2.45, 2.75) is 19.2 Å². The summed E-state index contributed by atoms with van der Waals surface area (Å²) in [7, 11) is 0. The predicted molar refractivity (Wildman–Crippen MR) is 53.5 cm³/mol. The van der Waals surface area contributed by atoms with Crippen LogP contribution in [-0.2, 0) is 14.3 Å². The highest BCUT2D eigenvalue weighted by Crippen LogP contribution is 2.43. The van der Waals surface area contributed by atoms with Gasteiger partial charge in [-0.25, -0.2) is 0 Å². The molecule has 0 amide bonds. The minimum atomic E-state index is 0.322. The molecule has 0 aromatic rings. The summed E-state index contributed by atoms with van der Waals surface area (Å²) in [6, 6.07) is 0. The molecule has 0 aromatic heterocycles. The van der Waals surface area contributed by atoms with Gasteiger partial charge in [0.2, 0.25) is 0 Å². The first kappa shape index (κ1) is 8.10. The highest BCUT2D eigenvalue weighted by Gasteiger charge is 2.47. The zero-order valence-corrected chi connectivity index (χ0v) is 8.49. The number of ether oxygens (including phenoxy) is 2. The van der Waals surface area contributed by atoms with Gasteiger partial charge in [-0.15, -0.1) is 0 Å². The van der Waals surface area contributed by atoms with Gasteiger partial charge in [0.25, 0.3) is 0 Å². The fourth-order valence-electron chi connectivity index (χ4n) is 2.89. The van der Waals surface area contributed by atoms with E-state index < -0.39 is 0 Å². The largest absolute Gasteiger partial charge is 0.505 e. The molecular weight excluding hydrogens is 193 g/mol. The van der Waals surface area contributed by atoms with E-state index in [1.807, 2.05) is 4.97 Å². The van der Waals surface area contributed by atoms with Crippen LogP contribution in [0.4, 0.5) is 0 Å². The molecule has 78 valence electrons. The molecule has 1 saturated heterocycles. The van der Waals surface area contributed by atoms with E-state index in [2.05, 4.69) is 0 Å². The van der Waals surface area contributed by atoms with Gasteiger partial charge in [0.05, 0.1) is 31.2 Å². The molecule has 4 rings (SSSR count). The lowest BCUT2D eigenvalue weighted by Gasteiger charge is -2.28. The van der Waals surface area contributed by atoms with Crippen LogP contribution in [0.2, 0.25) is 6.32 Å². The van der Waals surface area contributed by atoms with E-state index in [0.29, 0.717) is 6.85 Å². The van der Waals surface area contributed by atoms with Crippen molar-refractivity contribution < 1.29 is 14.3 Å². The summed E-state index contributed by atoms with van der Waals surface area (Å²) in [4.78, 5) is 7.68. The zero-order valence-electron chi connectivity index (χ0n) is 8.49. The van der Waals surface area contributed by atoms with Gasteiger partial charge in [0.15, 0.2) is 0 Å². The lowest BCUT2D eigenvalue weighted by atomic mass is 9.55. The van der Waals surface area contributed by atoms with E-state index >= 15 is 0 Å². The molecule has 0 spiro atoms. The Morgan fingerprint density at radius 2 is 2.00 bits per heavy atom. The first-order chi connectivity index (χ1) is 7.45. The lowest BCUT2D eigenvalue weighted by Crippen LogP contribution is -2.37. The molecule has 1 fully saturated rings. The van der Waals surface area contributed by atoms with Gasteiger partial charge in [-0.05, 0) is 6.32 Å². The normalized spacial score (nSPS) is 27.7. The third-order valence-corrected chi connectivity index (χ3v) is 3.50. The second kappa shape index (κ2) is 2.73. The molecule has 0 saturated carbocycles. The van der Waals surface area contributed by atoms with Crippen molar-refractivity contribution in [3.63, 3.8) is 0 Å². The Hall–Kier alpha value is -1.10. The molecule has 0 unspecified atom stereocenters. The Bertz CT molecular complexity index is 354. The first-order valence-corrected chi connectivity index (χ1v) is 5.59. The van der Waals surface area contributed by atoms with Gasteiger partial charge >= 0.3 is 6.85 Å². The van der Waals surface area contributed by atoms with Crippen molar-refractivity contribution in [3.8, 4) is 0 Å². The number of nitrogens with zero attached hydrogens (tertiary/aromatic N) is 1. The van der Waals surface area contributed by atoms with Crippen LogP contribution in [0.25, 0.3) is 0 Å². The molecule has 0 N–H and O–H groups in total. The monoisotopic (exact) mass is 205 g/mol. The summed E-state index contributed by atoms with van der Waals surface area (Å²) in [5, 5.41) is 0. The van der Waals surface area contributed by atoms with E-state index in [9.17, 15) is 0 Å². The van der Waals surface area contributed by atoms with Crippen LogP contribution in [0, 0.1) is 0 Å². The van der Waals surface area contributed by atoms with E-state index in [4.69, 9.17) is 14.3 Å². The predicted octanol–water partition coefficient (Wildman–Crippen LogP) is 1.08. The molecule has 15 heavy (non-hydrogen) atoms. The first-order valence-electron chi connectivity index (χ1n) is 5.59. The molecule has 4 nitrogen and oxygen atoms in total. The lowest BCUT2D eigenvalue weighted by molar-refractivity contribution is -0.0378. The summed E-state index contributed by atoms with van der Waals surface area (Å²) in [5.74, 6) is 1.04. The molecule has 0 atom stereocenters. The molecular formula is C10H12BNO3. The third-order valence-electron chi connectivity index (χ3n) is 3.50. The number of rotatable bonds is 0. The van der Waals surface area contributed by atoms with Crippen molar-refractivity contribution in [1.29, 1.82) is 0 Å². The van der Waals surface area contributed by atoms with Gasteiger partial charge < -0.3 is 9.47 Å². The Morgan fingerprint density at radius 3 is 3.00 bits per heavy atom. The highest BCUT2D eigenvalue weighted by atomic mass is 16.7. The minimum Gasteiger partial charge on any atom is -0.505 e. The van der Waals surface area contributed by atoms with Crippen LogP contribution in [0.5, 0.6) is 0 Å². The van der Waals surface area contributed by atoms with Crippen LogP contribution >= 0.6 is 0 Å². The maximum absolute atomic E-state index is 5.72. The third kappa shape index (κ3) is 0.917. The molecule has 0 aromatic carbocycles. The molecule has 0 aliphatic carbocycles. The number of fused-ring (bicyclic) bond motifs is 4. The van der Waals surface area contributed by atoms with E-state index in [-0.39, 0.29) is 0 Å². The van der Waals surface area contributed by atoms with E-state index in [1.54, 1.807) is 0 Å². The summed E-state index contributed by atoms with van der Waals surface area (Å²) >= 11 is 0. The zero-order chi connectivity index (χ0) is 9.83. The minimum absolute atomic E-state index is 0.322. The number of allylic oxidation sites excluding steroid dienone is 1. The Balaban J connectivity index is 1.87. The van der Waals surface area contributed by atoms with Crippen LogP contribution in [0.3, 0.4) is 0 Å². The van der Waals surface area contributed by atoms with E-state index in [1.165, 1.54) is 11.3 Å². The molecule has 0 radical (unpaired) electrons. The fraction of sp³-hybridized carbons (Fsp3) is 0.600. The standard InChI is InChI=1S/C10H12BNO3/c1-4-14-10-7(1)9-8(2-5-13-9)12-11(10)3-6-15-12/h1-6H2. The highest BCUT2D eigenvalue weighted by molar-refractivity contribution is 6.64. The smallest absolute Gasteiger partial charge is 0.365 e. The van der Waals surface area contributed by atoms with Crippen molar-refractivity contribution in [2.75, 3.05) is 19.8 Å². The van der Waals surface area contributed by atoms with Crippen molar-refractivity contribution in [2.24, 2.45) is 0 Å². The van der Waals surface area contributed by atoms with Crippen LogP contribution in [0.1, 0.15) is 12.8 Å². The van der Waals surface area contributed by atoms with Gasteiger partial charge in [-0.1, -0.05) is 0 Å². The SMILES string of the molecule is C1CC2=C(O1)B1CCON1C1=C2OCC1. The number of hydrogen-bond donors (Lipinski definition) is 0. The quantitative estimate of drug-likeness (QED) is 0.553. The average molecular weight is 205 g/mol. The molecule has 4 aliphatic heterocycles. The molecule has 4 heterocycles. The number of hydroxylamine groups is 1. The van der Waals surface area contributed by atoms with Crippen molar-refractivity contribution in [3.05, 3.63) is 22.7 Å². The average Bonchev–Trinajstić information content (AvgIpc) is 2.97. The summed E-state index contributed by atoms with van der Waals surface area (Å²) < 4.78 is 11.4. The Morgan fingerprint density at radius 1 is 1.07 bits per heavy atom. The van der Waals surface area contributed by atoms with Crippen LogP contribution in [-0.4, -0.2) is 31.6 Å². The topological polar surface area (TPSA) is 30.9 Å². The summed E-state index contributed by atoms with van der Waals surface area (Å²) in [6.07, 6.45) is 3.01. The van der Waals surface area contributed by atoms with Crippen LogP contribution in [0.15, 0.2) is 22.7 Å². The van der Waals surface area contributed by atoms with Gasteiger partial charge in [-0.2, -0.15) is 0 Å². The maximum atomic E-state index is 5.72.